The molecule has 0 N–H and O–H groups in total. The van der Waals surface area contributed by atoms with E-state index in [1.165, 1.54) is 10.9 Å². The summed E-state index contributed by atoms with van der Waals surface area (Å²) in [6, 6.07) is 61.0. The van der Waals surface area contributed by atoms with Crippen LogP contribution in [0.5, 0.6) is 0 Å². The second-order valence-corrected chi connectivity index (χ2v) is 12.8. The molecule has 2 heterocycles. The molecule has 2 aromatic heterocycles. The zero-order valence-corrected chi connectivity index (χ0v) is 27.5. The first-order chi connectivity index (χ1) is 25.2. The highest BCUT2D eigenvalue weighted by Crippen LogP contribution is 2.41. The molecule has 4 nitrogen and oxygen atoms in total. The van der Waals surface area contributed by atoms with Gasteiger partial charge in [0.1, 0.15) is 11.2 Å². The quantitative estimate of drug-likeness (QED) is 0.186. The third kappa shape index (κ3) is 5.13. The molecule has 0 aliphatic carbocycles. The van der Waals surface area contributed by atoms with Crippen LogP contribution in [0.2, 0.25) is 0 Å². The highest BCUT2D eigenvalue weighted by molar-refractivity contribution is 6.19. The number of furan rings is 1. The van der Waals surface area contributed by atoms with E-state index in [1.807, 2.05) is 12.1 Å². The van der Waals surface area contributed by atoms with Gasteiger partial charge in [-0.15, -0.1) is 0 Å². The third-order valence-corrected chi connectivity index (χ3v) is 9.72. The molecule has 0 unspecified atom stereocenters. The molecule has 0 aliphatic rings. The van der Waals surface area contributed by atoms with Crippen LogP contribution in [0.15, 0.2) is 180 Å². The van der Waals surface area contributed by atoms with Gasteiger partial charge in [0, 0.05) is 32.8 Å². The van der Waals surface area contributed by atoms with Crippen molar-refractivity contribution in [1.82, 2.24) is 15.0 Å². The molecule has 0 saturated heterocycles. The fraction of sp³-hybridized carbons (Fsp3) is 0. The van der Waals surface area contributed by atoms with E-state index >= 15 is 0 Å². The van der Waals surface area contributed by atoms with Gasteiger partial charge in [0.15, 0.2) is 17.5 Å². The Balaban J connectivity index is 1.19. The maximum absolute atomic E-state index is 6.64. The number of aromatic nitrogens is 3. The molecule has 0 bridgehead atoms. The average molecular weight is 652 g/mol. The molecule has 0 radical (unpaired) electrons. The van der Waals surface area contributed by atoms with Gasteiger partial charge < -0.3 is 4.42 Å². The lowest BCUT2D eigenvalue weighted by molar-refractivity contribution is 0.673. The van der Waals surface area contributed by atoms with Gasteiger partial charge in [-0.25, -0.2) is 15.0 Å². The summed E-state index contributed by atoms with van der Waals surface area (Å²) in [6.07, 6.45) is 0. The van der Waals surface area contributed by atoms with Crippen molar-refractivity contribution in [3.63, 3.8) is 0 Å². The number of nitrogens with zero attached hydrogens (tertiary/aromatic N) is 3. The van der Waals surface area contributed by atoms with Crippen LogP contribution in [0.4, 0.5) is 0 Å². The van der Waals surface area contributed by atoms with Gasteiger partial charge in [0.05, 0.1) is 0 Å². The van der Waals surface area contributed by atoms with Gasteiger partial charge >= 0.3 is 0 Å². The monoisotopic (exact) mass is 651 g/mol. The Bertz CT molecular complexity index is 2900. The summed E-state index contributed by atoms with van der Waals surface area (Å²) in [7, 11) is 0. The summed E-state index contributed by atoms with van der Waals surface area (Å²) in [5.74, 6) is 1.86. The van der Waals surface area contributed by atoms with Gasteiger partial charge in [-0.3, -0.25) is 0 Å². The van der Waals surface area contributed by atoms with E-state index in [4.69, 9.17) is 19.4 Å². The van der Waals surface area contributed by atoms with Crippen LogP contribution in [-0.4, -0.2) is 15.0 Å². The molecule has 0 atom stereocenters. The van der Waals surface area contributed by atoms with Gasteiger partial charge in [-0.1, -0.05) is 152 Å². The molecule has 0 amide bonds. The average Bonchev–Trinajstić information content (AvgIpc) is 3.59. The predicted molar refractivity (Wildman–Crippen MR) is 209 cm³/mol. The lowest BCUT2D eigenvalue weighted by Gasteiger charge is -2.12. The van der Waals surface area contributed by atoms with E-state index in [-0.39, 0.29) is 0 Å². The molecule has 0 saturated carbocycles. The van der Waals surface area contributed by atoms with E-state index in [1.54, 1.807) is 0 Å². The molecule has 0 fully saturated rings. The van der Waals surface area contributed by atoms with Crippen molar-refractivity contribution in [3.05, 3.63) is 176 Å². The van der Waals surface area contributed by atoms with E-state index in [0.29, 0.717) is 17.5 Å². The minimum Gasteiger partial charge on any atom is -0.455 e. The zero-order valence-electron chi connectivity index (χ0n) is 27.5. The van der Waals surface area contributed by atoms with Crippen molar-refractivity contribution in [2.45, 2.75) is 0 Å². The van der Waals surface area contributed by atoms with Gasteiger partial charge in [-0.05, 0) is 62.7 Å². The highest BCUT2D eigenvalue weighted by atomic mass is 16.3. The number of hydrogen-bond acceptors (Lipinski definition) is 4. The van der Waals surface area contributed by atoms with E-state index < -0.39 is 0 Å². The maximum atomic E-state index is 6.64. The lowest BCUT2D eigenvalue weighted by Crippen LogP contribution is -2.00. The normalized spacial score (nSPS) is 11.5. The first-order valence-corrected chi connectivity index (χ1v) is 17.1. The fourth-order valence-electron chi connectivity index (χ4n) is 7.12. The fourth-order valence-corrected chi connectivity index (χ4v) is 7.12. The Hall–Kier alpha value is -6.91. The first kappa shape index (κ1) is 29.0. The summed E-state index contributed by atoms with van der Waals surface area (Å²) in [5, 5.41) is 6.43. The molecular formula is C47H29N3O. The van der Waals surface area contributed by atoms with E-state index in [9.17, 15) is 0 Å². The van der Waals surface area contributed by atoms with Crippen LogP contribution in [0.1, 0.15) is 0 Å². The van der Waals surface area contributed by atoms with Crippen LogP contribution < -0.4 is 0 Å². The lowest BCUT2D eigenvalue weighted by atomic mass is 9.98. The van der Waals surface area contributed by atoms with Crippen molar-refractivity contribution in [2.24, 2.45) is 0 Å². The topological polar surface area (TPSA) is 51.8 Å². The molecule has 8 aromatic carbocycles. The first-order valence-electron chi connectivity index (χ1n) is 17.1. The number of fused-ring (bicyclic) bond motifs is 6. The number of rotatable bonds is 5. The Labute approximate surface area is 294 Å². The molecule has 0 spiro atoms. The van der Waals surface area contributed by atoms with Crippen LogP contribution in [-0.2, 0) is 0 Å². The highest BCUT2D eigenvalue weighted by Gasteiger charge is 2.19. The second-order valence-electron chi connectivity index (χ2n) is 12.8. The SMILES string of the molecule is c1ccc(-c2ccc(-c3nc(-c4ccc5ccccc5c4)nc(-c4cc5c6ccc(-c7ccccc7)cc6oc5c5ccccc45)n3)cc2)cc1. The molecule has 4 heteroatoms. The van der Waals surface area contributed by atoms with Crippen molar-refractivity contribution in [2.75, 3.05) is 0 Å². The summed E-state index contributed by atoms with van der Waals surface area (Å²) in [5.41, 5.74) is 9.07. The van der Waals surface area contributed by atoms with Crippen molar-refractivity contribution in [3.8, 4) is 56.4 Å². The summed E-state index contributed by atoms with van der Waals surface area (Å²) in [6.45, 7) is 0. The van der Waals surface area contributed by atoms with Crippen LogP contribution in [0.3, 0.4) is 0 Å². The summed E-state index contributed by atoms with van der Waals surface area (Å²) < 4.78 is 6.64. The predicted octanol–water partition coefficient (Wildman–Crippen LogP) is 12.4. The van der Waals surface area contributed by atoms with Crippen LogP contribution in [0, 0.1) is 0 Å². The van der Waals surface area contributed by atoms with Crippen molar-refractivity contribution >= 4 is 43.5 Å². The van der Waals surface area contributed by atoms with Gasteiger partial charge in [0.2, 0.25) is 0 Å². The summed E-state index contributed by atoms with van der Waals surface area (Å²) >= 11 is 0. The molecule has 0 aliphatic heterocycles. The third-order valence-electron chi connectivity index (χ3n) is 9.72. The van der Waals surface area contributed by atoms with Crippen LogP contribution >= 0.6 is 0 Å². The van der Waals surface area contributed by atoms with Crippen LogP contribution in [0.25, 0.3) is 99.9 Å². The summed E-state index contributed by atoms with van der Waals surface area (Å²) in [4.78, 5) is 15.5. The van der Waals surface area contributed by atoms with Gasteiger partial charge in [-0.2, -0.15) is 0 Å². The van der Waals surface area contributed by atoms with Crippen molar-refractivity contribution < 1.29 is 4.42 Å². The minimum atomic E-state index is 0.614. The Morgan fingerprint density at radius 1 is 0.314 bits per heavy atom. The molecule has 10 rings (SSSR count). The Kier molecular flexibility index (Phi) is 6.78. The Morgan fingerprint density at radius 2 is 0.863 bits per heavy atom. The standard InChI is InChI=1S/C47H29N3O/c1-3-11-30(12-4-1)33-19-22-34(23-20-33)45-48-46(37-24-21-32-15-7-8-16-35(32)27-37)50-47(49-45)42-29-41-39-26-25-36(31-13-5-2-6-14-31)28-43(39)51-44(41)40-18-10-9-17-38(40)42/h1-29H. The zero-order chi connectivity index (χ0) is 33.7. The van der Waals surface area contributed by atoms with E-state index in [0.717, 1.165) is 71.5 Å². The maximum Gasteiger partial charge on any atom is 0.164 e. The largest absolute Gasteiger partial charge is 0.455 e. The molecule has 51 heavy (non-hydrogen) atoms. The molecule has 10 aromatic rings. The Morgan fingerprint density at radius 3 is 1.63 bits per heavy atom. The smallest absolute Gasteiger partial charge is 0.164 e. The molecule has 238 valence electrons. The number of benzene rings is 8. The van der Waals surface area contributed by atoms with E-state index in [2.05, 4.69) is 164 Å². The minimum absolute atomic E-state index is 0.614. The second kappa shape index (κ2) is 11.9. The molecular weight excluding hydrogens is 623 g/mol. The van der Waals surface area contributed by atoms with Crippen molar-refractivity contribution in [1.29, 1.82) is 0 Å². The number of hydrogen-bond donors (Lipinski definition) is 0. The van der Waals surface area contributed by atoms with Gasteiger partial charge in [0.25, 0.3) is 0 Å².